The molecule has 0 heterocycles. The number of halogens is 1. The van der Waals surface area contributed by atoms with E-state index < -0.39 is 10.9 Å². The van der Waals surface area contributed by atoms with Gasteiger partial charge in [0.15, 0.2) is 0 Å². The lowest BCUT2D eigenvalue weighted by atomic mass is 10.1. The molecule has 1 N–H and O–H groups in total. The van der Waals surface area contributed by atoms with Crippen LogP contribution in [-0.4, -0.2) is 18.0 Å². The zero-order chi connectivity index (χ0) is 15.4. The number of nitrogens with one attached hydrogen (secondary N) is 1. The maximum Gasteiger partial charge on any atom is 0.337 e. The Hall–Kier alpha value is -2.60. The van der Waals surface area contributed by atoms with Gasteiger partial charge in [0.25, 0.3) is 5.69 Å². The van der Waals surface area contributed by atoms with Gasteiger partial charge in [0, 0.05) is 16.8 Å². The Morgan fingerprint density at radius 1 is 1.24 bits per heavy atom. The highest BCUT2D eigenvalue weighted by molar-refractivity contribution is 6.30. The molecule has 6 nitrogen and oxygen atoms in total. The maximum absolute atomic E-state index is 11.5. The number of nitro benzene ring substituents is 1. The Kier molecular flexibility index (Phi) is 4.39. The van der Waals surface area contributed by atoms with Crippen LogP contribution >= 0.6 is 11.6 Å². The highest BCUT2D eigenvalue weighted by atomic mass is 35.5. The highest BCUT2D eigenvalue weighted by Gasteiger charge is 2.17. The predicted molar refractivity (Wildman–Crippen MR) is 79.2 cm³/mol. The minimum Gasteiger partial charge on any atom is -0.465 e. The van der Waals surface area contributed by atoms with E-state index >= 15 is 0 Å². The number of carbonyl (C=O) groups excluding carboxylic acids is 1. The molecule has 2 rings (SSSR count). The summed E-state index contributed by atoms with van der Waals surface area (Å²) < 4.78 is 4.60. The molecule has 7 heteroatoms. The normalized spacial score (nSPS) is 10.0. The molecule has 0 bridgehead atoms. The van der Waals surface area contributed by atoms with Crippen molar-refractivity contribution in [1.82, 2.24) is 0 Å². The summed E-state index contributed by atoms with van der Waals surface area (Å²) in [5.74, 6) is -0.566. The number of carbonyl (C=O) groups is 1. The van der Waals surface area contributed by atoms with E-state index in [1.54, 1.807) is 24.3 Å². The summed E-state index contributed by atoms with van der Waals surface area (Å²) in [6.45, 7) is 0. The summed E-state index contributed by atoms with van der Waals surface area (Å²) >= 11 is 5.78. The molecular weight excluding hydrogens is 296 g/mol. The van der Waals surface area contributed by atoms with Crippen molar-refractivity contribution in [2.45, 2.75) is 0 Å². The van der Waals surface area contributed by atoms with Crippen LogP contribution in [0.15, 0.2) is 42.5 Å². The van der Waals surface area contributed by atoms with E-state index in [4.69, 9.17) is 11.6 Å². The first kappa shape index (κ1) is 14.8. The van der Waals surface area contributed by atoms with Gasteiger partial charge in [-0.3, -0.25) is 10.1 Å². The summed E-state index contributed by atoms with van der Waals surface area (Å²) in [5.41, 5.74) is 0.895. The summed E-state index contributed by atoms with van der Waals surface area (Å²) in [4.78, 5) is 22.0. The van der Waals surface area contributed by atoms with Crippen LogP contribution in [0.2, 0.25) is 5.02 Å². The van der Waals surface area contributed by atoms with E-state index in [-0.39, 0.29) is 16.9 Å². The molecule has 0 unspecified atom stereocenters. The van der Waals surface area contributed by atoms with Crippen LogP contribution in [0, 0.1) is 10.1 Å². The average molecular weight is 307 g/mol. The largest absolute Gasteiger partial charge is 0.465 e. The topological polar surface area (TPSA) is 81.5 Å². The molecule has 0 amide bonds. The second-order valence-electron chi connectivity index (χ2n) is 4.11. The first-order valence-corrected chi connectivity index (χ1v) is 6.28. The molecule has 0 aliphatic rings. The van der Waals surface area contributed by atoms with Crippen LogP contribution in [0.1, 0.15) is 10.4 Å². The quantitative estimate of drug-likeness (QED) is 0.528. The maximum atomic E-state index is 11.5. The van der Waals surface area contributed by atoms with Gasteiger partial charge in [0.2, 0.25) is 0 Å². The third-order valence-corrected chi connectivity index (χ3v) is 2.99. The van der Waals surface area contributed by atoms with Crippen molar-refractivity contribution in [2.24, 2.45) is 0 Å². The number of hydrogen-bond acceptors (Lipinski definition) is 5. The number of nitrogens with zero attached hydrogens (tertiary/aromatic N) is 1. The molecule has 2 aromatic carbocycles. The third-order valence-electron chi connectivity index (χ3n) is 2.74. The number of ether oxygens (including phenoxy) is 1. The van der Waals surface area contributed by atoms with Gasteiger partial charge in [0.05, 0.1) is 17.6 Å². The number of esters is 1. The van der Waals surface area contributed by atoms with Gasteiger partial charge in [0.1, 0.15) is 5.69 Å². The molecule has 0 saturated heterocycles. The lowest BCUT2D eigenvalue weighted by molar-refractivity contribution is -0.383. The van der Waals surface area contributed by atoms with Crippen LogP contribution in [0.25, 0.3) is 0 Å². The minimum absolute atomic E-state index is 0.141. The smallest absolute Gasteiger partial charge is 0.337 e. The van der Waals surface area contributed by atoms with Gasteiger partial charge in [-0.15, -0.1) is 0 Å². The summed E-state index contributed by atoms with van der Waals surface area (Å²) in [7, 11) is 1.25. The predicted octanol–water partition coefficient (Wildman–Crippen LogP) is 3.78. The summed E-state index contributed by atoms with van der Waals surface area (Å²) in [6, 6.07) is 10.6. The lowest BCUT2D eigenvalue weighted by Gasteiger charge is -2.08. The van der Waals surface area contributed by atoms with Gasteiger partial charge < -0.3 is 10.1 Å². The highest BCUT2D eigenvalue weighted by Crippen LogP contribution is 2.29. The second kappa shape index (κ2) is 6.23. The van der Waals surface area contributed by atoms with Crippen molar-refractivity contribution in [3.63, 3.8) is 0 Å². The van der Waals surface area contributed by atoms with E-state index in [9.17, 15) is 14.9 Å². The van der Waals surface area contributed by atoms with E-state index in [1.807, 2.05) is 0 Å². The molecule has 0 aliphatic heterocycles. The SMILES string of the molecule is COC(=O)c1ccc([N+](=O)[O-])c(Nc2ccc(Cl)cc2)c1. The number of nitro groups is 1. The third kappa shape index (κ3) is 3.49. The molecular formula is C14H11ClN2O4. The van der Waals surface area contributed by atoms with Crippen LogP contribution in [0.3, 0.4) is 0 Å². The molecule has 0 saturated carbocycles. The van der Waals surface area contributed by atoms with Crippen LogP contribution in [0.4, 0.5) is 17.1 Å². The monoisotopic (exact) mass is 306 g/mol. The number of anilines is 2. The fraction of sp³-hybridized carbons (Fsp3) is 0.0714. The number of hydrogen-bond donors (Lipinski definition) is 1. The van der Waals surface area contributed by atoms with Crippen molar-refractivity contribution in [1.29, 1.82) is 0 Å². The zero-order valence-electron chi connectivity index (χ0n) is 11.0. The molecule has 0 fully saturated rings. The van der Waals surface area contributed by atoms with Crippen molar-refractivity contribution in [3.8, 4) is 0 Å². The fourth-order valence-corrected chi connectivity index (χ4v) is 1.85. The average Bonchev–Trinajstić information content (AvgIpc) is 2.48. The van der Waals surface area contributed by atoms with Gasteiger partial charge in [-0.2, -0.15) is 0 Å². The first-order chi connectivity index (χ1) is 10.0. The number of rotatable bonds is 4. The summed E-state index contributed by atoms with van der Waals surface area (Å²) in [5, 5.41) is 14.5. The molecule has 0 radical (unpaired) electrons. The van der Waals surface area contributed by atoms with Gasteiger partial charge in [-0.05, 0) is 36.4 Å². The number of methoxy groups -OCH3 is 1. The molecule has 108 valence electrons. The molecule has 0 spiro atoms. The molecule has 0 aliphatic carbocycles. The van der Waals surface area contributed by atoms with Crippen molar-refractivity contribution < 1.29 is 14.5 Å². The Morgan fingerprint density at radius 2 is 1.90 bits per heavy atom. The molecule has 21 heavy (non-hydrogen) atoms. The standard InChI is InChI=1S/C14H11ClN2O4/c1-21-14(18)9-2-7-13(17(19)20)12(8-9)16-11-5-3-10(15)4-6-11/h2-8,16H,1H3. The lowest BCUT2D eigenvalue weighted by Crippen LogP contribution is -2.04. The van der Waals surface area contributed by atoms with Crippen molar-refractivity contribution in [3.05, 3.63) is 63.2 Å². The van der Waals surface area contributed by atoms with Crippen molar-refractivity contribution >= 4 is 34.6 Å². The van der Waals surface area contributed by atoms with Gasteiger partial charge >= 0.3 is 5.97 Å². The molecule has 0 aromatic heterocycles. The molecule has 2 aromatic rings. The Bertz CT molecular complexity index is 686. The van der Waals surface area contributed by atoms with Gasteiger partial charge in [-0.1, -0.05) is 11.6 Å². The van der Waals surface area contributed by atoms with Crippen LogP contribution < -0.4 is 5.32 Å². The first-order valence-electron chi connectivity index (χ1n) is 5.90. The number of benzene rings is 2. The van der Waals surface area contributed by atoms with Crippen molar-refractivity contribution in [2.75, 3.05) is 12.4 Å². The zero-order valence-corrected chi connectivity index (χ0v) is 11.8. The van der Waals surface area contributed by atoms with E-state index in [0.717, 1.165) is 0 Å². The summed E-state index contributed by atoms with van der Waals surface area (Å²) in [6.07, 6.45) is 0. The van der Waals surface area contributed by atoms with E-state index in [2.05, 4.69) is 10.1 Å². The van der Waals surface area contributed by atoms with Crippen LogP contribution in [0.5, 0.6) is 0 Å². The van der Waals surface area contributed by atoms with E-state index in [1.165, 1.54) is 25.3 Å². The van der Waals surface area contributed by atoms with Crippen LogP contribution in [-0.2, 0) is 4.74 Å². The Labute approximate surface area is 125 Å². The Balaban J connectivity index is 2.40. The minimum atomic E-state index is -0.566. The molecule has 0 atom stereocenters. The van der Waals surface area contributed by atoms with E-state index in [0.29, 0.717) is 10.7 Å². The van der Waals surface area contributed by atoms with Gasteiger partial charge in [-0.25, -0.2) is 4.79 Å². The fourth-order valence-electron chi connectivity index (χ4n) is 1.73. The second-order valence-corrected chi connectivity index (χ2v) is 4.55. The Morgan fingerprint density at radius 3 is 2.48 bits per heavy atom.